The Morgan fingerprint density at radius 1 is 1.21 bits per heavy atom. The molecule has 160 valence electrons. The van der Waals surface area contributed by atoms with Gasteiger partial charge < -0.3 is 25.8 Å². The van der Waals surface area contributed by atoms with Gasteiger partial charge in [-0.25, -0.2) is 0 Å². The van der Waals surface area contributed by atoms with Crippen LogP contribution in [-0.2, 0) is 20.9 Å². The fourth-order valence-corrected chi connectivity index (χ4v) is 3.45. The fraction of sp³-hybridized carbons (Fsp3) is 0.545. The minimum atomic E-state index is -0.436. The molecule has 0 saturated heterocycles. The summed E-state index contributed by atoms with van der Waals surface area (Å²) in [6.45, 7) is 5.97. The maximum atomic E-state index is 12.7. The Morgan fingerprint density at radius 2 is 1.86 bits per heavy atom. The molecule has 1 aliphatic rings. The van der Waals surface area contributed by atoms with Crippen molar-refractivity contribution < 1.29 is 19.1 Å². The minimum absolute atomic E-state index is 0.0430. The Bertz CT molecular complexity index is 713. The summed E-state index contributed by atoms with van der Waals surface area (Å²) in [4.78, 5) is 24.4. The van der Waals surface area contributed by atoms with Crippen LogP contribution in [0.3, 0.4) is 0 Å². The lowest BCUT2D eigenvalue weighted by Crippen LogP contribution is -2.57. The third-order valence-electron chi connectivity index (χ3n) is 5.17. The second-order valence-corrected chi connectivity index (χ2v) is 7.36. The van der Waals surface area contributed by atoms with Crippen LogP contribution in [0.25, 0.3) is 0 Å². The zero-order valence-corrected chi connectivity index (χ0v) is 17.7. The highest BCUT2D eigenvalue weighted by molar-refractivity contribution is 5.93. The summed E-state index contributed by atoms with van der Waals surface area (Å²) in [6, 6.07) is 6.78. The molecule has 0 bridgehead atoms. The van der Waals surface area contributed by atoms with Crippen LogP contribution >= 0.6 is 0 Å². The molecule has 4 N–H and O–H groups in total. The van der Waals surface area contributed by atoms with Crippen molar-refractivity contribution in [3.8, 4) is 5.75 Å². The molecule has 1 aromatic rings. The first kappa shape index (κ1) is 22.9. The van der Waals surface area contributed by atoms with Crippen LogP contribution in [0.15, 0.2) is 35.9 Å². The van der Waals surface area contributed by atoms with E-state index in [2.05, 4.69) is 24.5 Å². The molecule has 2 amide bonds. The molecule has 0 saturated carbocycles. The molecule has 0 spiro atoms. The maximum Gasteiger partial charge on any atom is 0.247 e. The molecule has 1 aliphatic carbocycles. The second-order valence-electron chi connectivity index (χ2n) is 7.36. The van der Waals surface area contributed by atoms with Gasteiger partial charge in [-0.05, 0) is 43.0 Å². The maximum absolute atomic E-state index is 12.7. The van der Waals surface area contributed by atoms with Gasteiger partial charge in [0.05, 0.1) is 25.4 Å². The smallest absolute Gasteiger partial charge is 0.247 e. The summed E-state index contributed by atoms with van der Waals surface area (Å²) in [5, 5.41) is 5.82. The van der Waals surface area contributed by atoms with E-state index in [1.54, 1.807) is 7.11 Å². The van der Waals surface area contributed by atoms with E-state index in [0.29, 0.717) is 18.5 Å². The zero-order chi connectivity index (χ0) is 21.4. The van der Waals surface area contributed by atoms with Gasteiger partial charge in [0.15, 0.2) is 0 Å². The number of nitrogens with one attached hydrogen (secondary N) is 2. The largest absolute Gasteiger partial charge is 0.497 e. The Kier molecular flexibility index (Phi) is 8.67. The molecule has 0 unspecified atom stereocenters. The number of rotatable bonds is 9. The third kappa shape index (κ3) is 6.58. The number of amides is 2. The number of hydrogen-bond acceptors (Lipinski definition) is 5. The SMILES string of the molecule is CCC(CC)O[C@@H]1C=C(C(=O)NCc2ccc(OC)cc2)C[C@H](N)[C@H]1NC(C)=O. The summed E-state index contributed by atoms with van der Waals surface area (Å²) < 4.78 is 11.3. The number of carbonyl (C=O) groups is 2. The monoisotopic (exact) mass is 403 g/mol. The van der Waals surface area contributed by atoms with E-state index in [1.807, 2.05) is 30.3 Å². The van der Waals surface area contributed by atoms with Gasteiger partial charge in [-0.3, -0.25) is 9.59 Å². The topological polar surface area (TPSA) is 103 Å². The van der Waals surface area contributed by atoms with E-state index >= 15 is 0 Å². The predicted octanol–water partition coefficient (Wildman–Crippen LogP) is 2.05. The van der Waals surface area contributed by atoms with Gasteiger partial charge in [0.2, 0.25) is 11.8 Å². The Morgan fingerprint density at radius 3 is 2.41 bits per heavy atom. The second kappa shape index (κ2) is 11.0. The fourth-order valence-electron chi connectivity index (χ4n) is 3.45. The molecule has 0 radical (unpaired) electrons. The summed E-state index contributed by atoms with van der Waals surface area (Å²) in [7, 11) is 1.62. The van der Waals surface area contributed by atoms with Crippen molar-refractivity contribution in [2.45, 2.75) is 70.9 Å². The van der Waals surface area contributed by atoms with Crippen LogP contribution in [-0.4, -0.2) is 43.2 Å². The van der Waals surface area contributed by atoms with Crippen molar-refractivity contribution in [3.63, 3.8) is 0 Å². The predicted molar refractivity (Wildman–Crippen MR) is 112 cm³/mol. The van der Waals surface area contributed by atoms with Gasteiger partial charge in [-0.2, -0.15) is 0 Å². The van der Waals surface area contributed by atoms with E-state index in [-0.39, 0.29) is 24.0 Å². The molecule has 3 atom stereocenters. The number of methoxy groups -OCH3 is 1. The van der Waals surface area contributed by atoms with Gasteiger partial charge in [0, 0.05) is 25.1 Å². The van der Waals surface area contributed by atoms with Crippen molar-refractivity contribution in [2.24, 2.45) is 5.73 Å². The Balaban J connectivity index is 2.10. The summed E-state index contributed by atoms with van der Waals surface area (Å²) in [5.41, 5.74) is 7.87. The van der Waals surface area contributed by atoms with Gasteiger partial charge in [0.25, 0.3) is 0 Å². The van der Waals surface area contributed by atoms with Crippen LogP contribution in [0.5, 0.6) is 5.75 Å². The van der Waals surface area contributed by atoms with E-state index < -0.39 is 12.1 Å². The molecule has 0 fully saturated rings. The van der Waals surface area contributed by atoms with Crippen LogP contribution in [0.1, 0.15) is 45.6 Å². The lowest BCUT2D eigenvalue weighted by atomic mass is 9.87. The van der Waals surface area contributed by atoms with Crippen LogP contribution in [0, 0.1) is 0 Å². The van der Waals surface area contributed by atoms with E-state index in [1.165, 1.54) is 6.92 Å². The molecule has 7 heteroatoms. The highest BCUT2D eigenvalue weighted by Crippen LogP contribution is 2.23. The lowest BCUT2D eigenvalue weighted by Gasteiger charge is -2.36. The molecular weight excluding hydrogens is 370 g/mol. The number of carbonyl (C=O) groups excluding carboxylic acids is 2. The van der Waals surface area contributed by atoms with Crippen molar-refractivity contribution in [1.29, 1.82) is 0 Å². The van der Waals surface area contributed by atoms with Gasteiger partial charge >= 0.3 is 0 Å². The van der Waals surface area contributed by atoms with Gasteiger partial charge in [-0.15, -0.1) is 0 Å². The van der Waals surface area contributed by atoms with Crippen molar-refractivity contribution in [2.75, 3.05) is 7.11 Å². The molecule has 0 aliphatic heterocycles. The van der Waals surface area contributed by atoms with Crippen LogP contribution < -0.4 is 21.1 Å². The number of ether oxygens (including phenoxy) is 2. The first-order valence-corrected chi connectivity index (χ1v) is 10.2. The highest BCUT2D eigenvalue weighted by Gasteiger charge is 2.35. The van der Waals surface area contributed by atoms with Gasteiger partial charge in [0.1, 0.15) is 5.75 Å². The Hall–Kier alpha value is -2.38. The number of nitrogens with two attached hydrogens (primary N) is 1. The summed E-state index contributed by atoms with van der Waals surface area (Å²) in [6.07, 6.45) is 3.49. The molecule has 1 aromatic carbocycles. The van der Waals surface area contributed by atoms with Crippen LogP contribution in [0.4, 0.5) is 0 Å². The molecular formula is C22H33N3O4. The molecule has 29 heavy (non-hydrogen) atoms. The average Bonchev–Trinajstić information content (AvgIpc) is 2.72. The first-order valence-electron chi connectivity index (χ1n) is 10.2. The van der Waals surface area contributed by atoms with Crippen molar-refractivity contribution in [1.82, 2.24) is 10.6 Å². The Labute approximate surface area is 173 Å². The molecule has 7 nitrogen and oxygen atoms in total. The van der Waals surface area contributed by atoms with E-state index in [4.69, 9.17) is 15.2 Å². The van der Waals surface area contributed by atoms with Crippen LogP contribution in [0.2, 0.25) is 0 Å². The van der Waals surface area contributed by atoms with E-state index in [0.717, 1.165) is 24.2 Å². The normalized spacial score (nSPS) is 21.4. The van der Waals surface area contributed by atoms with Crippen molar-refractivity contribution in [3.05, 3.63) is 41.5 Å². The average molecular weight is 404 g/mol. The molecule has 0 heterocycles. The zero-order valence-electron chi connectivity index (χ0n) is 17.7. The third-order valence-corrected chi connectivity index (χ3v) is 5.17. The summed E-state index contributed by atoms with van der Waals surface area (Å²) in [5.74, 6) is 0.437. The molecule has 2 rings (SSSR count). The van der Waals surface area contributed by atoms with E-state index in [9.17, 15) is 9.59 Å². The number of benzene rings is 1. The number of hydrogen-bond donors (Lipinski definition) is 3. The first-order chi connectivity index (χ1) is 13.9. The molecule has 0 aromatic heterocycles. The lowest BCUT2D eigenvalue weighted by molar-refractivity contribution is -0.121. The summed E-state index contributed by atoms with van der Waals surface area (Å²) >= 11 is 0. The highest BCUT2D eigenvalue weighted by atomic mass is 16.5. The quantitative estimate of drug-likeness (QED) is 0.586. The standard InChI is InChI=1S/C22H33N3O4/c1-5-17(6-2)29-20-12-16(11-19(23)21(20)25-14(3)26)22(27)24-13-15-7-9-18(28-4)10-8-15/h7-10,12,17,19-21H,5-6,11,13,23H2,1-4H3,(H,24,27)(H,25,26)/t19-,20+,21+/m0/s1. The minimum Gasteiger partial charge on any atom is -0.497 e. The van der Waals surface area contributed by atoms with Crippen molar-refractivity contribution >= 4 is 11.8 Å². The van der Waals surface area contributed by atoms with Gasteiger partial charge in [-0.1, -0.05) is 26.0 Å².